The highest BCUT2D eigenvalue weighted by molar-refractivity contribution is 5.95. The first-order chi connectivity index (χ1) is 12.3. The second-order valence-electron chi connectivity index (χ2n) is 6.52. The van der Waals surface area contributed by atoms with Crippen molar-refractivity contribution in [3.05, 3.63) is 59.7 Å². The Morgan fingerprint density at radius 3 is 2.44 bits per heavy atom. The molecular formula is C22H25NO2. The molecule has 1 N–H and O–H groups in total. The Hall–Kier alpha value is -2.55. The molecule has 0 atom stereocenters. The highest BCUT2D eigenvalue weighted by atomic mass is 16.5. The first kappa shape index (κ1) is 17.3. The Morgan fingerprint density at radius 1 is 1.00 bits per heavy atom. The molecule has 25 heavy (non-hydrogen) atoms. The normalized spacial score (nSPS) is 15.2. The van der Waals surface area contributed by atoms with Crippen molar-refractivity contribution >= 4 is 23.7 Å². The maximum atomic E-state index is 12.5. The van der Waals surface area contributed by atoms with Crippen LogP contribution in [0.5, 0.6) is 5.75 Å². The lowest BCUT2D eigenvalue weighted by molar-refractivity contribution is -0.120. The van der Waals surface area contributed by atoms with E-state index in [-0.39, 0.29) is 11.8 Å². The first-order valence-corrected chi connectivity index (χ1v) is 8.98. The predicted octanol–water partition coefficient (Wildman–Crippen LogP) is 5.38. The third-order valence-corrected chi connectivity index (χ3v) is 4.77. The van der Waals surface area contributed by atoms with Gasteiger partial charge in [0.1, 0.15) is 5.75 Å². The summed E-state index contributed by atoms with van der Waals surface area (Å²) in [5, 5.41) is 3.12. The number of benzene rings is 2. The topological polar surface area (TPSA) is 38.3 Å². The summed E-state index contributed by atoms with van der Waals surface area (Å²) in [6.07, 6.45) is 9.69. The molecule has 1 aliphatic carbocycles. The van der Waals surface area contributed by atoms with Gasteiger partial charge in [-0.2, -0.15) is 0 Å². The van der Waals surface area contributed by atoms with Gasteiger partial charge in [-0.1, -0.05) is 61.7 Å². The quantitative estimate of drug-likeness (QED) is 0.745. The number of carbonyl (C=O) groups excluding carboxylic acids is 1. The average molecular weight is 335 g/mol. The minimum atomic E-state index is 0.157. The summed E-state index contributed by atoms with van der Waals surface area (Å²) in [6.45, 7) is 0. The lowest BCUT2D eigenvalue weighted by atomic mass is 9.88. The average Bonchev–Trinajstić information content (AvgIpc) is 2.68. The Balaban J connectivity index is 1.71. The Kier molecular flexibility index (Phi) is 5.89. The van der Waals surface area contributed by atoms with Crippen molar-refractivity contribution in [3.8, 4) is 5.75 Å². The predicted molar refractivity (Wildman–Crippen MR) is 104 cm³/mol. The summed E-state index contributed by atoms with van der Waals surface area (Å²) in [7, 11) is 1.66. The van der Waals surface area contributed by atoms with Gasteiger partial charge in [-0.15, -0.1) is 0 Å². The molecule has 2 aromatic rings. The standard InChI is InChI=1S/C22H25NO2/c1-25-20-15-12-17(13-16-20)11-14-18-7-5-6-10-21(18)23-22(24)19-8-3-2-4-9-19/h5-7,10-16,19H,2-4,8-9H2,1H3,(H,23,24)/b14-11+. The maximum Gasteiger partial charge on any atom is 0.227 e. The van der Waals surface area contributed by atoms with Gasteiger partial charge >= 0.3 is 0 Å². The van der Waals surface area contributed by atoms with Crippen molar-refractivity contribution < 1.29 is 9.53 Å². The molecule has 2 aromatic carbocycles. The van der Waals surface area contributed by atoms with Crippen LogP contribution < -0.4 is 10.1 Å². The van der Waals surface area contributed by atoms with Crippen LogP contribution >= 0.6 is 0 Å². The zero-order chi connectivity index (χ0) is 17.5. The van der Waals surface area contributed by atoms with E-state index in [4.69, 9.17) is 4.74 Å². The molecule has 0 radical (unpaired) electrons. The van der Waals surface area contributed by atoms with Crippen LogP contribution in [0.15, 0.2) is 48.5 Å². The number of anilines is 1. The van der Waals surface area contributed by atoms with Crippen LogP contribution in [0.3, 0.4) is 0 Å². The minimum absolute atomic E-state index is 0.157. The molecule has 0 bridgehead atoms. The number of ether oxygens (including phenoxy) is 1. The molecule has 0 heterocycles. The fraction of sp³-hybridized carbons (Fsp3) is 0.318. The summed E-state index contributed by atoms with van der Waals surface area (Å²) in [5.41, 5.74) is 2.99. The number of nitrogens with one attached hydrogen (secondary N) is 1. The molecule has 0 spiro atoms. The number of hydrogen-bond donors (Lipinski definition) is 1. The van der Waals surface area contributed by atoms with Gasteiger partial charge < -0.3 is 10.1 Å². The molecule has 0 unspecified atom stereocenters. The molecule has 1 aliphatic rings. The molecule has 3 rings (SSSR count). The third kappa shape index (κ3) is 4.72. The summed E-state index contributed by atoms with van der Waals surface area (Å²) in [4.78, 5) is 12.5. The van der Waals surface area contributed by atoms with Crippen molar-refractivity contribution in [3.63, 3.8) is 0 Å². The molecule has 0 saturated heterocycles. The van der Waals surface area contributed by atoms with Gasteiger partial charge in [0.2, 0.25) is 5.91 Å². The molecule has 0 aliphatic heterocycles. The number of rotatable bonds is 5. The van der Waals surface area contributed by atoms with Crippen molar-refractivity contribution in [1.29, 1.82) is 0 Å². The van der Waals surface area contributed by atoms with E-state index in [0.717, 1.165) is 48.2 Å². The van der Waals surface area contributed by atoms with E-state index in [1.807, 2.05) is 60.7 Å². The Morgan fingerprint density at radius 2 is 1.72 bits per heavy atom. The molecule has 1 saturated carbocycles. The summed E-state index contributed by atoms with van der Waals surface area (Å²) < 4.78 is 5.18. The lowest BCUT2D eigenvalue weighted by Crippen LogP contribution is -2.25. The fourth-order valence-corrected chi connectivity index (χ4v) is 3.26. The van der Waals surface area contributed by atoms with Gasteiger partial charge in [0, 0.05) is 11.6 Å². The Bertz CT molecular complexity index is 728. The van der Waals surface area contributed by atoms with E-state index >= 15 is 0 Å². The SMILES string of the molecule is COc1ccc(/C=C/c2ccccc2NC(=O)C2CCCCC2)cc1. The molecular weight excluding hydrogens is 310 g/mol. The summed E-state index contributed by atoms with van der Waals surface area (Å²) in [6, 6.07) is 15.8. The third-order valence-electron chi connectivity index (χ3n) is 4.77. The minimum Gasteiger partial charge on any atom is -0.497 e. The van der Waals surface area contributed by atoms with Crippen LogP contribution in [-0.4, -0.2) is 13.0 Å². The number of methoxy groups -OCH3 is 1. The molecule has 0 aromatic heterocycles. The monoisotopic (exact) mass is 335 g/mol. The van der Waals surface area contributed by atoms with Crippen molar-refractivity contribution in [2.24, 2.45) is 5.92 Å². The van der Waals surface area contributed by atoms with Gasteiger partial charge in [-0.25, -0.2) is 0 Å². The van der Waals surface area contributed by atoms with Crippen LogP contribution in [0, 0.1) is 5.92 Å². The van der Waals surface area contributed by atoms with E-state index in [2.05, 4.69) is 5.32 Å². The van der Waals surface area contributed by atoms with E-state index in [0.29, 0.717) is 0 Å². The van der Waals surface area contributed by atoms with Crippen LogP contribution in [0.4, 0.5) is 5.69 Å². The van der Waals surface area contributed by atoms with E-state index in [1.165, 1.54) is 6.42 Å². The zero-order valence-electron chi connectivity index (χ0n) is 14.7. The number of carbonyl (C=O) groups is 1. The molecule has 1 amide bonds. The van der Waals surface area contributed by atoms with Crippen LogP contribution in [-0.2, 0) is 4.79 Å². The molecule has 3 heteroatoms. The number of amides is 1. The second kappa shape index (κ2) is 8.52. The molecule has 3 nitrogen and oxygen atoms in total. The van der Waals surface area contributed by atoms with Crippen molar-refractivity contribution in [1.82, 2.24) is 0 Å². The van der Waals surface area contributed by atoms with Crippen molar-refractivity contribution in [2.75, 3.05) is 12.4 Å². The van der Waals surface area contributed by atoms with Crippen molar-refractivity contribution in [2.45, 2.75) is 32.1 Å². The lowest BCUT2D eigenvalue weighted by Gasteiger charge is -2.21. The first-order valence-electron chi connectivity index (χ1n) is 8.98. The highest BCUT2D eigenvalue weighted by Gasteiger charge is 2.21. The van der Waals surface area contributed by atoms with E-state index in [1.54, 1.807) is 7.11 Å². The zero-order valence-corrected chi connectivity index (χ0v) is 14.7. The van der Waals surface area contributed by atoms with Crippen LogP contribution in [0.1, 0.15) is 43.2 Å². The van der Waals surface area contributed by atoms with E-state index in [9.17, 15) is 4.79 Å². The molecule has 130 valence electrons. The van der Waals surface area contributed by atoms with Gasteiger partial charge in [0.05, 0.1) is 7.11 Å². The summed E-state index contributed by atoms with van der Waals surface area (Å²) >= 11 is 0. The molecule has 1 fully saturated rings. The van der Waals surface area contributed by atoms with Gasteiger partial charge in [0.15, 0.2) is 0 Å². The fourth-order valence-electron chi connectivity index (χ4n) is 3.26. The number of hydrogen-bond acceptors (Lipinski definition) is 2. The van der Waals surface area contributed by atoms with Crippen LogP contribution in [0.25, 0.3) is 12.2 Å². The van der Waals surface area contributed by atoms with Gasteiger partial charge in [-0.05, 0) is 42.2 Å². The second-order valence-corrected chi connectivity index (χ2v) is 6.52. The smallest absolute Gasteiger partial charge is 0.227 e. The number of para-hydroxylation sites is 1. The van der Waals surface area contributed by atoms with Crippen LogP contribution in [0.2, 0.25) is 0 Å². The highest BCUT2D eigenvalue weighted by Crippen LogP contribution is 2.26. The van der Waals surface area contributed by atoms with Gasteiger partial charge in [0.25, 0.3) is 0 Å². The van der Waals surface area contributed by atoms with E-state index < -0.39 is 0 Å². The van der Waals surface area contributed by atoms with Gasteiger partial charge in [-0.3, -0.25) is 4.79 Å². The Labute approximate surface area is 149 Å². The maximum absolute atomic E-state index is 12.5. The summed E-state index contributed by atoms with van der Waals surface area (Å²) in [5.74, 6) is 1.16. The largest absolute Gasteiger partial charge is 0.497 e.